The molecule has 0 radical (unpaired) electrons. The number of aromatic nitrogens is 3. The van der Waals surface area contributed by atoms with Crippen molar-refractivity contribution in [2.45, 2.75) is 38.2 Å². The third-order valence-electron chi connectivity index (χ3n) is 4.79. The second kappa shape index (κ2) is 11.4. The van der Waals surface area contributed by atoms with Gasteiger partial charge in [-0.2, -0.15) is 0 Å². The third-order valence-corrected chi connectivity index (χ3v) is 5.76. The molecule has 0 saturated carbocycles. The maximum atomic E-state index is 12.4. The van der Waals surface area contributed by atoms with Crippen LogP contribution in [-0.4, -0.2) is 33.5 Å². The number of allylic oxidation sites excluding steroid dienone is 1. The number of rotatable bonds is 11. The number of hydrogen-bond acceptors (Lipinski definition) is 6. The number of methoxy groups -OCH3 is 1. The van der Waals surface area contributed by atoms with Gasteiger partial charge in [0.2, 0.25) is 5.91 Å². The fourth-order valence-electron chi connectivity index (χ4n) is 3.12. The van der Waals surface area contributed by atoms with E-state index < -0.39 is 0 Å². The SMILES string of the molecule is C=CCn1c(COc2ccc(C)cc2OC)nnc1SCC(=O)N[C@H](C)c1ccccc1. The number of aryl methyl sites for hydroxylation is 1. The molecule has 0 bridgehead atoms. The largest absolute Gasteiger partial charge is 0.493 e. The van der Waals surface area contributed by atoms with Gasteiger partial charge in [0.15, 0.2) is 22.5 Å². The van der Waals surface area contributed by atoms with E-state index in [1.165, 1.54) is 11.8 Å². The summed E-state index contributed by atoms with van der Waals surface area (Å²) in [6.45, 7) is 8.51. The Morgan fingerprint density at radius 3 is 2.72 bits per heavy atom. The molecule has 7 nitrogen and oxygen atoms in total. The summed E-state index contributed by atoms with van der Waals surface area (Å²) in [5.41, 5.74) is 2.15. The molecule has 3 aromatic rings. The smallest absolute Gasteiger partial charge is 0.230 e. The molecule has 0 aliphatic heterocycles. The van der Waals surface area contributed by atoms with Crippen molar-refractivity contribution in [3.05, 3.63) is 78.1 Å². The van der Waals surface area contributed by atoms with Gasteiger partial charge in [0.05, 0.1) is 18.9 Å². The number of ether oxygens (including phenoxy) is 2. The van der Waals surface area contributed by atoms with Crippen LogP contribution >= 0.6 is 11.8 Å². The van der Waals surface area contributed by atoms with Crippen LogP contribution in [0.2, 0.25) is 0 Å². The van der Waals surface area contributed by atoms with Crippen LogP contribution in [0.5, 0.6) is 11.5 Å². The quantitative estimate of drug-likeness (QED) is 0.345. The van der Waals surface area contributed by atoms with Gasteiger partial charge < -0.3 is 14.8 Å². The zero-order chi connectivity index (χ0) is 22.9. The lowest BCUT2D eigenvalue weighted by Crippen LogP contribution is -2.28. The summed E-state index contributed by atoms with van der Waals surface area (Å²) in [4.78, 5) is 12.4. The fourth-order valence-corrected chi connectivity index (χ4v) is 3.90. The summed E-state index contributed by atoms with van der Waals surface area (Å²) in [5, 5.41) is 12.2. The van der Waals surface area contributed by atoms with Gasteiger partial charge in [-0.15, -0.1) is 16.8 Å². The maximum absolute atomic E-state index is 12.4. The molecule has 1 N–H and O–H groups in total. The number of amides is 1. The Hall–Kier alpha value is -3.26. The van der Waals surface area contributed by atoms with E-state index in [2.05, 4.69) is 22.1 Å². The van der Waals surface area contributed by atoms with Crippen molar-refractivity contribution >= 4 is 17.7 Å². The molecule has 0 spiro atoms. The van der Waals surface area contributed by atoms with Gasteiger partial charge in [-0.3, -0.25) is 9.36 Å². The lowest BCUT2D eigenvalue weighted by atomic mass is 10.1. The summed E-state index contributed by atoms with van der Waals surface area (Å²) >= 11 is 1.33. The minimum absolute atomic E-state index is 0.0659. The molecule has 0 saturated heterocycles. The number of benzene rings is 2. The Labute approximate surface area is 192 Å². The first-order valence-electron chi connectivity index (χ1n) is 10.3. The van der Waals surface area contributed by atoms with Crippen LogP contribution < -0.4 is 14.8 Å². The van der Waals surface area contributed by atoms with Crippen molar-refractivity contribution in [1.82, 2.24) is 20.1 Å². The molecule has 32 heavy (non-hydrogen) atoms. The number of carbonyl (C=O) groups excluding carboxylic acids is 1. The normalized spacial score (nSPS) is 11.6. The minimum atomic E-state index is -0.0679. The Kier molecular flexibility index (Phi) is 8.33. The molecule has 1 heterocycles. The number of hydrogen-bond donors (Lipinski definition) is 1. The second-order valence-electron chi connectivity index (χ2n) is 7.23. The lowest BCUT2D eigenvalue weighted by molar-refractivity contribution is -0.119. The highest BCUT2D eigenvalue weighted by molar-refractivity contribution is 7.99. The minimum Gasteiger partial charge on any atom is -0.493 e. The van der Waals surface area contributed by atoms with Crippen LogP contribution in [0.15, 0.2) is 66.3 Å². The molecule has 8 heteroatoms. The standard InChI is InChI=1S/C24H28N4O3S/c1-5-13-28-22(15-31-20-12-11-17(2)14-21(20)30-4)26-27-24(28)32-16-23(29)25-18(3)19-9-7-6-8-10-19/h5-12,14,18H,1,13,15-16H2,2-4H3,(H,25,29)/t18-/m1/s1. The second-order valence-corrected chi connectivity index (χ2v) is 8.17. The molecule has 1 atom stereocenters. The topological polar surface area (TPSA) is 78.3 Å². The van der Waals surface area contributed by atoms with Crippen molar-refractivity contribution < 1.29 is 14.3 Å². The van der Waals surface area contributed by atoms with Gasteiger partial charge in [-0.05, 0) is 37.1 Å². The van der Waals surface area contributed by atoms with Gasteiger partial charge in [-0.25, -0.2) is 0 Å². The van der Waals surface area contributed by atoms with Crippen LogP contribution in [0.3, 0.4) is 0 Å². The van der Waals surface area contributed by atoms with E-state index in [1.807, 2.05) is 66.9 Å². The van der Waals surface area contributed by atoms with Crippen molar-refractivity contribution in [3.8, 4) is 11.5 Å². The van der Waals surface area contributed by atoms with Gasteiger partial charge >= 0.3 is 0 Å². The molecule has 2 aromatic carbocycles. The van der Waals surface area contributed by atoms with E-state index in [4.69, 9.17) is 9.47 Å². The molecule has 3 rings (SSSR count). The summed E-state index contributed by atoms with van der Waals surface area (Å²) in [5.74, 6) is 2.11. The first-order chi connectivity index (χ1) is 15.5. The van der Waals surface area contributed by atoms with E-state index in [9.17, 15) is 4.79 Å². The highest BCUT2D eigenvalue weighted by Crippen LogP contribution is 2.28. The summed E-state index contributed by atoms with van der Waals surface area (Å²) < 4.78 is 13.2. The molecule has 0 aliphatic carbocycles. The molecular weight excluding hydrogens is 424 g/mol. The van der Waals surface area contributed by atoms with Crippen LogP contribution in [0.4, 0.5) is 0 Å². The first kappa shape index (κ1) is 23.4. The average molecular weight is 453 g/mol. The first-order valence-corrected chi connectivity index (χ1v) is 11.3. The molecule has 0 unspecified atom stereocenters. The number of nitrogens with one attached hydrogen (secondary N) is 1. The van der Waals surface area contributed by atoms with E-state index in [-0.39, 0.29) is 24.3 Å². The van der Waals surface area contributed by atoms with Crippen LogP contribution in [0, 0.1) is 6.92 Å². The average Bonchev–Trinajstić information content (AvgIpc) is 3.19. The zero-order valence-corrected chi connectivity index (χ0v) is 19.4. The number of nitrogens with zero attached hydrogens (tertiary/aromatic N) is 3. The highest BCUT2D eigenvalue weighted by Gasteiger charge is 2.16. The van der Waals surface area contributed by atoms with Crippen molar-refractivity contribution in [1.29, 1.82) is 0 Å². The fraction of sp³-hybridized carbons (Fsp3) is 0.292. The zero-order valence-electron chi connectivity index (χ0n) is 18.6. The molecule has 0 fully saturated rings. The lowest BCUT2D eigenvalue weighted by Gasteiger charge is -2.14. The Balaban J connectivity index is 1.62. The van der Waals surface area contributed by atoms with E-state index >= 15 is 0 Å². The molecule has 168 valence electrons. The summed E-state index contributed by atoms with van der Waals surface area (Å²) in [6.07, 6.45) is 1.76. The van der Waals surface area contributed by atoms with Crippen molar-refractivity contribution in [3.63, 3.8) is 0 Å². The van der Waals surface area contributed by atoms with Crippen LogP contribution in [-0.2, 0) is 17.9 Å². The number of thioether (sulfide) groups is 1. The Morgan fingerprint density at radius 2 is 2.00 bits per heavy atom. The van der Waals surface area contributed by atoms with Gasteiger partial charge in [-0.1, -0.05) is 54.2 Å². The summed E-state index contributed by atoms with van der Waals surface area (Å²) in [7, 11) is 1.61. The van der Waals surface area contributed by atoms with Gasteiger partial charge in [0.1, 0.15) is 6.61 Å². The Morgan fingerprint density at radius 1 is 1.22 bits per heavy atom. The molecule has 0 aliphatic rings. The van der Waals surface area contributed by atoms with Crippen molar-refractivity contribution in [2.24, 2.45) is 0 Å². The van der Waals surface area contributed by atoms with Crippen LogP contribution in [0.25, 0.3) is 0 Å². The summed E-state index contributed by atoms with van der Waals surface area (Å²) in [6, 6.07) is 15.5. The molecular formula is C24H28N4O3S. The third kappa shape index (κ3) is 6.13. The van der Waals surface area contributed by atoms with Crippen LogP contribution in [0.1, 0.15) is 29.9 Å². The number of carbonyl (C=O) groups is 1. The van der Waals surface area contributed by atoms with Gasteiger partial charge in [0.25, 0.3) is 0 Å². The van der Waals surface area contributed by atoms with E-state index in [1.54, 1.807) is 13.2 Å². The molecule has 1 aromatic heterocycles. The van der Waals surface area contributed by atoms with E-state index in [0.717, 1.165) is 11.1 Å². The predicted molar refractivity (Wildman–Crippen MR) is 126 cm³/mol. The Bertz CT molecular complexity index is 1050. The van der Waals surface area contributed by atoms with E-state index in [0.29, 0.717) is 29.0 Å². The highest BCUT2D eigenvalue weighted by atomic mass is 32.2. The van der Waals surface area contributed by atoms with Crippen molar-refractivity contribution in [2.75, 3.05) is 12.9 Å². The monoisotopic (exact) mass is 452 g/mol. The van der Waals surface area contributed by atoms with Gasteiger partial charge in [0, 0.05) is 6.54 Å². The predicted octanol–water partition coefficient (Wildman–Crippen LogP) is 4.33. The molecule has 1 amide bonds. The maximum Gasteiger partial charge on any atom is 0.230 e.